The van der Waals surface area contributed by atoms with Crippen molar-refractivity contribution in [2.45, 2.75) is 25.4 Å². The van der Waals surface area contributed by atoms with Gasteiger partial charge in [0, 0.05) is 6.54 Å². The van der Waals surface area contributed by atoms with Crippen LogP contribution in [0.4, 0.5) is 0 Å². The summed E-state index contributed by atoms with van der Waals surface area (Å²) in [6.07, 6.45) is 3.63. The van der Waals surface area contributed by atoms with Crippen LogP contribution in [-0.2, 0) is 0 Å². The lowest BCUT2D eigenvalue weighted by molar-refractivity contribution is 0.183. The van der Waals surface area contributed by atoms with Crippen LogP contribution in [0.5, 0.6) is 5.75 Å². The van der Waals surface area contributed by atoms with Crippen molar-refractivity contribution in [3.05, 3.63) is 29.8 Å². The van der Waals surface area contributed by atoms with Gasteiger partial charge < -0.3 is 9.64 Å². The molecule has 90 valence electrons. The lowest BCUT2D eigenvalue weighted by atomic mass is 10.1. The van der Waals surface area contributed by atoms with Gasteiger partial charge in [-0.05, 0) is 51.1 Å². The lowest BCUT2D eigenvalue weighted by Gasteiger charge is -2.17. The quantitative estimate of drug-likeness (QED) is 0.783. The van der Waals surface area contributed by atoms with Gasteiger partial charge in [-0.1, -0.05) is 6.07 Å². The Morgan fingerprint density at radius 2 is 2.24 bits per heavy atom. The van der Waals surface area contributed by atoms with Gasteiger partial charge in [-0.2, -0.15) is 5.26 Å². The van der Waals surface area contributed by atoms with Crippen LogP contribution in [0, 0.1) is 11.3 Å². The summed E-state index contributed by atoms with van der Waals surface area (Å²) in [5, 5.41) is 8.84. The molecule has 17 heavy (non-hydrogen) atoms. The maximum absolute atomic E-state index is 8.84. The molecule has 3 nitrogen and oxygen atoms in total. The van der Waals surface area contributed by atoms with Crippen molar-refractivity contribution >= 4 is 0 Å². The SMILES string of the molecule is CN1CCCC(Oc2cccc(C#N)c2)CC1. The van der Waals surface area contributed by atoms with Gasteiger partial charge in [0.25, 0.3) is 0 Å². The molecule has 0 N–H and O–H groups in total. The van der Waals surface area contributed by atoms with Gasteiger partial charge in [-0.3, -0.25) is 0 Å². The number of ether oxygens (including phenoxy) is 1. The van der Waals surface area contributed by atoms with Crippen molar-refractivity contribution in [1.82, 2.24) is 4.90 Å². The predicted octanol–water partition coefficient (Wildman–Crippen LogP) is 2.42. The molecule has 0 spiro atoms. The first-order valence-electron chi connectivity index (χ1n) is 6.13. The summed E-state index contributed by atoms with van der Waals surface area (Å²) in [6.45, 7) is 2.24. The highest BCUT2D eigenvalue weighted by Crippen LogP contribution is 2.19. The van der Waals surface area contributed by atoms with Crippen molar-refractivity contribution in [3.63, 3.8) is 0 Å². The number of nitriles is 1. The normalized spacial score (nSPS) is 21.5. The molecular weight excluding hydrogens is 212 g/mol. The average Bonchev–Trinajstić information content (AvgIpc) is 2.55. The molecule has 1 aromatic rings. The van der Waals surface area contributed by atoms with E-state index in [-0.39, 0.29) is 6.10 Å². The lowest BCUT2D eigenvalue weighted by Crippen LogP contribution is -2.21. The number of hydrogen-bond donors (Lipinski definition) is 0. The van der Waals surface area contributed by atoms with Crippen LogP contribution >= 0.6 is 0 Å². The topological polar surface area (TPSA) is 36.3 Å². The number of rotatable bonds is 2. The van der Waals surface area contributed by atoms with Crippen LogP contribution in [0.2, 0.25) is 0 Å². The first kappa shape index (κ1) is 11.9. The number of hydrogen-bond acceptors (Lipinski definition) is 3. The second-order valence-corrected chi connectivity index (χ2v) is 4.61. The Morgan fingerprint density at radius 3 is 3.06 bits per heavy atom. The third-order valence-corrected chi connectivity index (χ3v) is 3.16. The Hall–Kier alpha value is -1.53. The summed E-state index contributed by atoms with van der Waals surface area (Å²) >= 11 is 0. The maximum atomic E-state index is 8.84. The van der Waals surface area contributed by atoms with Gasteiger partial charge in [-0.15, -0.1) is 0 Å². The number of benzene rings is 1. The highest BCUT2D eigenvalue weighted by atomic mass is 16.5. The summed E-state index contributed by atoms with van der Waals surface area (Å²) in [6, 6.07) is 9.55. The van der Waals surface area contributed by atoms with Crippen LogP contribution in [0.15, 0.2) is 24.3 Å². The summed E-state index contributed by atoms with van der Waals surface area (Å²) < 4.78 is 5.95. The summed E-state index contributed by atoms with van der Waals surface area (Å²) in [4.78, 5) is 2.34. The highest BCUT2D eigenvalue weighted by Gasteiger charge is 2.16. The fourth-order valence-corrected chi connectivity index (χ4v) is 2.16. The molecular formula is C14H18N2O. The summed E-state index contributed by atoms with van der Waals surface area (Å²) in [5.41, 5.74) is 0.660. The molecule has 1 heterocycles. The minimum Gasteiger partial charge on any atom is -0.490 e. The van der Waals surface area contributed by atoms with E-state index in [0.29, 0.717) is 5.56 Å². The minimum atomic E-state index is 0.286. The van der Waals surface area contributed by atoms with Crippen LogP contribution in [-0.4, -0.2) is 31.1 Å². The molecule has 0 amide bonds. The van der Waals surface area contributed by atoms with Crippen LogP contribution < -0.4 is 4.74 Å². The van der Waals surface area contributed by atoms with Crippen LogP contribution in [0.25, 0.3) is 0 Å². The van der Waals surface area contributed by atoms with E-state index in [1.807, 2.05) is 18.2 Å². The van der Waals surface area contributed by atoms with Crippen LogP contribution in [0.1, 0.15) is 24.8 Å². The summed E-state index contributed by atoms with van der Waals surface area (Å²) in [5.74, 6) is 0.818. The monoisotopic (exact) mass is 230 g/mol. The molecule has 1 aromatic carbocycles. The van der Waals surface area contributed by atoms with E-state index in [4.69, 9.17) is 10.00 Å². The average molecular weight is 230 g/mol. The van der Waals surface area contributed by atoms with E-state index in [9.17, 15) is 0 Å². The van der Waals surface area contributed by atoms with Gasteiger partial charge in [-0.25, -0.2) is 0 Å². The molecule has 1 aliphatic rings. The third-order valence-electron chi connectivity index (χ3n) is 3.16. The molecule has 1 atom stereocenters. The van der Waals surface area contributed by atoms with E-state index < -0.39 is 0 Å². The largest absolute Gasteiger partial charge is 0.490 e. The van der Waals surface area contributed by atoms with Gasteiger partial charge in [0.1, 0.15) is 5.75 Å². The van der Waals surface area contributed by atoms with E-state index in [2.05, 4.69) is 18.0 Å². The smallest absolute Gasteiger partial charge is 0.121 e. The van der Waals surface area contributed by atoms with Crippen LogP contribution in [0.3, 0.4) is 0 Å². The predicted molar refractivity (Wildman–Crippen MR) is 66.9 cm³/mol. The van der Waals surface area contributed by atoms with E-state index in [1.165, 1.54) is 6.42 Å². The van der Waals surface area contributed by atoms with Crippen molar-refractivity contribution in [2.75, 3.05) is 20.1 Å². The Morgan fingerprint density at radius 1 is 1.35 bits per heavy atom. The second-order valence-electron chi connectivity index (χ2n) is 4.61. The fraction of sp³-hybridized carbons (Fsp3) is 0.500. The Bertz CT molecular complexity index is 411. The molecule has 2 rings (SSSR count). The Kier molecular flexibility index (Phi) is 4.00. The number of likely N-dealkylation sites (tertiary alicyclic amines) is 1. The van der Waals surface area contributed by atoms with Crippen molar-refractivity contribution in [1.29, 1.82) is 5.26 Å². The third kappa shape index (κ3) is 3.47. The number of nitrogens with zero attached hydrogens (tertiary/aromatic N) is 2. The molecule has 0 aromatic heterocycles. The first-order chi connectivity index (χ1) is 8.28. The minimum absolute atomic E-state index is 0.286. The maximum Gasteiger partial charge on any atom is 0.121 e. The molecule has 1 saturated heterocycles. The molecule has 3 heteroatoms. The van der Waals surface area contributed by atoms with Crippen molar-refractivity contribution in [3.8, 4) is 11.8 Å². The molecule has 1 unspecified atom stereocenters. The van der Waals surface area contributed by atoms with Crippen molar-refractivity contribution < 1.29 is 4.74 Å². The van der Waals surface area contributed by atoms with Gasteiger partial charge in [0.2, 0.25) is 0 Å². The molecule has 1 aliphatic heterocycles. The fourth-order valence-electron chi connectivity index (χ4n) is 2.16. The van der Waals surface area contributed by atoms with E-state index in [0.717, 1.165) is 31.7 Å². The molecule has 0 bridgehead atoms. The molecule has 1 fully saturated rings. The van der Waals surface area contributed by atoms with Gasteiger partial charge in [0.05, 0.1) is 17.7 Å². The highest BCUT2D eigenvalue weighted by molar-refractivity contribution is 5.36. The zero-order valence-corrected chi connectivity index (χ0v) is 10.2. The Labute approximate surface area is 103 Å². The first-order valence-corrected chi connectivity index (χ1v) is 6.13. The summed E-state index contributed by atoms with van der Waals surface area (Å²) in [7, 11) is 2.15. The van der Waals surface area contributed by atoms with E-state index >= 15 is 0 Å². The Balaban J connectivity index is 1.97. The van der Waals surface area contributed by atoms with Crippen molar-refractivity contribution in [2.24, 2.45) is 0 Å². The second kappa shape index (κ2) is 5.70. The van der Waals surface area contributed by atoms with Gasteiger partial charge >= 0.3 is 0 Å². The zero-order valence-electron chi connectivity index (χ0n) is 10.2. The molecule has 0 radical (unpaired) electrons. The molecule has 0 saturated carbocycles. The van der Waals surface area contributed by atoms with E-state index in [1.54, 1.807) is 6.07 Å². The standard InChI is InChI=1S/C14H18N2O/c1-16-8-3-6-13(7-9-16)17-14-5-2-4-12(10-14)11-15/h2,4-5,10,13H,3,6-9H2,1H3. The molecule has 0 aliphatic carbocycles. The zero-order chi connectivity index (χ0) is 12.1. The van der Waals surface area contributed by atoms with Gasteiger partial charge in [0.15, 0.2) is 0 Å².